The molecule has 14 heavy (non-hydrogen) atoms. The van der Waals surface area contributed by atoms with Gasteiger partial charge in [-0.2, -0.15) is 13.8 Å². The molecule has 0 aromatic carbocycles. The zero-order chi connectivity index (χ0) is 10.7. The first kappa shape index (κ1) is 10.6. The number of nitrogens with one attached hydrogen (secondary N) is 1. The topological polar surface area (TPSA) is 42.0 Å². The van der Waals surface area contributed by atoms with Crippen LogP contribution < -0.4 is 5.32 Å². The summed E-state index contributed by atoms with van der Waals surface area (Å²) in [6, 6.07) is 1.70. The molecule has 0 atom stereocenters. The fourth-order valence-electron chi connectivity index (χ4n) is 0.942. The van der Waals surface area contributed by atoms with Gasteiger partial charge in [0, 0.05) is 23.7 Å². The average Bonchev–Trinajstić information content (AvgIpc) is 2.00. The minimum Gasteiger partial charge on any atom is -0.350 e. The summed E-state index contributed by atoms with van der Waals surface area (Å²) in [6.07, 6.45) is 0. The maximum Gasteiger partial charge on any atom is 0.251 e. The predicted octanol–water partition coefficient (Wildman–Crippen LogP) is 1.50. The normalized spacial score (nSPS) is 10.4. The van der Waals surface area contributed by atoms with E-state index in [4.69, 9.17) is 0 Å². The van der Waals surface area contributed by atoms with Crippen LogP contribution in [0.25, 0.3) is 0 Å². The summed E-state index contributed by atoms with van der Waals surface area (Å²) in [5.41, 5.74) is -0.0660. The molecule has 0 unspecified atom stereocenters. The van der Waals surface area contributed by atoms with Gasteiger partial charge in [-0.15, -0.1) is 0 Å². The Labute approximate surface area is 80.2 Å². The van der Waals surface area contributed by atoms with Gasteiger partial charge >= 0.3 is 0 Å². The Morgan fingerprint density at radius 3 is 2.29 bits per heavy atom. The van der Waals surface area contributed by atoms with Crippen molar-refractivity contribution in [3.63, 3.8) is 0 Å². The van der Waals surface area contributed by atoms with E-state index in [1.54, 1.807) is 13.8 Å². The fourth-order valence-corrected chi connectivity index (χ4v) is 0.942. The van der Waals surface area contributed by atoms with Crippen molar-refractivity contribution in [3.05, 3.63) is 29.6 Å². The SMILES string of the molecule is CC(C)NC(=O)c1cc(F)nc(F)c1. The molecule has 5 heteroatoms. The summed E-state index contributed by atoms with van der Waals surface area (Å²) >= 11 is 0. The van der Waals surface area contributed by atoms with Gasteiger partial charge in [0.2, 0.25) is 11.9 Å². The second kappa shape index (κ2) is 4.13. The van der Waals surface area contributed by atoms with Crippen molar-refractivity contribution in [2.45, 2.75) is 19.9 Å². The van der Waals surface area contributed by atoms with E-state index in [1.165, 1.54) is 0 Å². The van der Waals surface area contributed by atoms with E-state index >= 15 is 0 Å². The van der Waals surface area contributed by atoms with Crippen LogP contribution in [0.4, 0.5) is 8.78 Å². The summed E-state index contributed by atoms with van der Waals surface area (Å²) in [4.78, 5) is 14.2. The van der Waals surface area contributed by atoms with Crippen molar-refractivity contribution in [2.75, 3.05) is 0 Å². The zero-order valence-corrected chi connectivity index (χ0v) is 7.84. The van der Waals surface area contributed by atoms with Crippen LogP contribution in [0.15, 0.2) is 12.1 Å². The van der Waals surface area contributed by atoms with Crippen molar-refractivity contribution >= 4 is 5.91 Å². The van der Waals surface area contributed by atoms with E-state index in [9.17, 15) is 13.6 Å². The Bertz CT molecular complexity index is 332. The molecule has 0 saturated carbocycles. The van der Waals surface area contributed by atoms with Crippen LogP contribution in [0.1, 0.15) is 24.2 Å². The highest BCUT2D eigenvalue weighted by atomic mass is 19.1. The zero-order valence-electron chi connectivity index (χ0n) is 7.84. The van der Waals surface area contributed by atoms with E-state index in [1.807, 2.05) is 0 Å². The van der Waals surface area contributed by atoms with Crippen LogP contribution in [0.3, 0.4) is 0 Å². The summed E-state index contributed by atoms with van der Waals surface area (Å²) in [5.74, 6) is -2.52. The first-order valence-electron chi connectivity index (χ1n) is 4.13. The molecule has 0 spiro atoms. The fraction of sp³-hybridized carbons (Fsp3) is 0.333. The number of rotatable bonds is 2. The Balaban J connectivity index is 2.90. The molecule has 0 fully saturated rings. The Morgan fingerprint density at radius 1 is 1.36 bits per heavy atom. The third-order valence-corrected chi connectivity index (χ3v) is 1.44. The van der Waals surface area contributed by atoms with Crippen LogP contribution in [0, 0.1) is 11.9 Å². The lowest BCUT2D eigenvalue weighted by molar-refractivity contribution is 0.0942. The highest BCUT2D eigenvalue weighted by Crippen LogP contribution is 2.04. The lowest BCUT2D eigenvalue weighted by atomic mass is 10.2. The number of hydrogen-bond acceptors (Lipinski definition) is 2. The van der Waals surface area contributed by atoms with Gasteiger partial charge in [0.05, 0.1) is 0 Å². The number of carbonyl (C=O) groups is 1. The number of aromatic nitrogens is 1. The van der Waals surface area contributed by atoms with E-state index in [-0.39, 0.29) is 11.6 Å². The van der Waals surface area contributed by atoms with Crippen LogP contribution in [0.5, 0.6) is 0 Å². The number of nitrogens with zero attached hydrogens (tertiary/aromatic N) is 1. The van der Waals surface area contributed by atoms with Gasteiger partial charge in [-0.1, -0.05) is 0 Å². The maximum absolute atomic E-state index is 12.6. The maximum atomic E-state index is 12.6. The first-order chi connectivity index (χ1) is 6.49. The van der Waals surface area contributed by atoms with Crippen molar-refractivity contribution in [2.24, 2.45) is 0 Å². The summed E-state index contributed by atoms with van der Waals surface area (Å²) in [6.45, 7) is 3.51. The lowest BCUT2D eigenvalue weighted by Gasteiger charge is -2.07. The second-order valence-corrected chi connectivity index (χ2v) is 3.13. The Hall–Kier alpha value is -1.52. The molecule has 0 aliphatic heterocycles. The smallest absolute Gasteiger partial charge is 0.251 e. The van der Waals surface area contributed by atoms with Gasteiger partial charge in [-0.3, -0.25) is 4.79 Å². The average molecular weight is 200 g/mol. The van der Waals surface area contributed by atoms with Gasteiger partial charge in [0.1, 0.15) is 0 Å². The number of amides is 1. The second-order valence-electron chi connectivity index (χ2n) is 3.13. The molecule has 1 amide bonds. The van der Waals surface area contributed by atoms with Gasteiger partial charge in [-0.05, 0) is 13.8 Å². The molecule has 1 N–H and O–H groups in total. The van der Waals surface area contributed by atoms with E-state index in [0.717, 1.165) is 12.1 Å². The summed E-state index contributed by atoms with van der Waals surface area (Å²) < 4.78 is 25.2. The third-order valence-electron chi connectivity index (χ3n) is 1.44. The Kier molecular flexibility index (Phi) is 3.11. The molecule has 0 aliphatic carbocycles. The number of pyridine rings is 1. The van der Waals surface area contributed by atoms with Crippen molar-refractivity contribution in [1.82, 2.24) is 10.3 Å². The largest absolute Gasteiger partial charge is 0.350 e. The quantitative estimate of drug-likeness (QED) is 0.735. The van der Waals surface area contributed by atoms with Gasteiger partial charge in [0.25, 0.3) is 5.91 Å². The Morgan fingerprint density at radius 2 is 1.86 bits per heavy atom. The van der Waals surface area contributed by atoms with Gasteiger partial charge < -0.3 is 5.32 Å². The van der Waals surface area contributed by atoms with Gasteiger partial charge in [-0.25, -0.2) is 0 Å². The highest BCUT2D eigenvalue weighted by Gasteiger charge is 2.10. The van der Waals surface area contributed by atoms with E-state index < -0.39 is 17.8 Å². The van der Waals surface area contributed by atoms with Crippen LogP contribution in [0.2, 0.25) is 0 Å². The molecule has 1 rings (SSSR count). The molecule has 0 aliphatic rings. The standard InChI is InChI=1S/C9H10F2N2O/c1-5(2)12-9(14)6-3-7(10)13-8(11)4-6/h3-5H,1-2H3,(H,12,14). The molecule has 0 radical (unpaired) electrons. The van der Waals surface area contributed by atoms with E-state index in [0.29, 0.717) is 0 Å². The number of hydrogen-bond donors (Lipinski definition) is 1. The molecule has 1 heterocycles. The van der Waals surface area contributed by atoms with Crippen molar-refractivity contribution < 1.29 is 13.6 Å². The van der Waals surface area contributed by atoms with Crippen LogP contribution >= 0.6 is 0 Å². The highest BCUT2D eigenvalue weighted by molar-refractivity contribution is 5.94. The molecular formula is C9H10F2N2O. The van der Waals surface area contributed by atoms with Gasteiger partial charge in [0.15, 0.2) is 0 Å². The predicted molar refractivity (Wildman–Crippen MR) is 46.8 cm³/mol. The van der Waals surface area contributed by atoms with Crippen LogP contribution in [-0.2, 0) is 0 Å². The molecule has 1 aromatic rings. The minimum atomic E-state index is -1.00. The van der Waals surface area contributed by atoms with Crippen molar-refractivity contribution in [3.8, 4) is 0 Å². The molecule has 0 bridgehead atoms. The molecular weight excluding hydrogens is 190 g/mol. The molecule has 3 nitrogen and oxygen atoms in total. The summed E-state index contributed by atoms with van der Waals surface area (Å²) in [7, 11) is 0. The molecule has 76 valence electrons. The van der Waals surface area contributed by atoms with E-state index in [2.05, 4.69) is 10.3 Å². The minimum absolute atomic E-state index is 0.0660. The van der Waals surface area contributed by atoms with Crippen LogP contribution in [-0.4, -0.2) is 16.9 Å². The number of carbonyl (C=O) groups excluding carboxylic acids is 1. The van der Waals surface area contributed by atoms with Crippen molar-refractivity contribution in [1.29, 1.82) is 0 Å². The summed E-state index contributed by atoms with van der Waals surface area (Å²) in [5, 5.41) is 2.51. The first-order valence-corrected chi connectivity index (χ1v) is 4.13. The molecule has 1 aromatic heterocycles. The third kappa shape index (κ3) is 2.76. The monoisotopic (exact) mass is 200 g/mol. The molecule has 0 saturated heterocycles. The lowest BCUT2D eigenvalue weighted by Crippen LogP contribution is -2.30. The number of halogens is 2.